The van der Waals surface area contributed by atoms with E-state index < -0.39 is 10.0 Å². The van der Waals surface area contributed by atoms with Gasteiger partial charge in [0.15, 0.2) is 0 Å². The van der Waals surface area contributed by atoms with E-state index >= 15 is 0 Å². The predicted octanol–water partition coefficient (Wildman–Crippen LogP) is 3.92. The first-order chi connectivity index (χ1) is 10.7. The lowest BCUT2D eigenvalue weighted by atomic mass is 10.0. The summed E-state index contributed by atoms with van der Waals surface area (Å²) in [4.78, 5) is 0. The van der Waals surface area contributed by atoms with Crippen LogP contribution in [0.2, 0.25) is 0 Å². The molecule has 23 heavy (non-hydrogen) atoms. The number of hydrogen-bond donors (Lipinski definition) is 2. The van der Waals surface area contributed by atoms with E-state index in [4.69, 9.17) is 0 Å². The maximum absolute atomic E-state index is 12.3. The topological polar surface area (TPSA) is 58.2 Å². The summed E-state index contributed by atoms with van der Waals surface area (Å²) in [6.07, 6.45) is 0. The predicted molar refractivity (Wildman–Crippen MR) is 99.3 cm³/mol. The molecule has 0 aliphatic carbocycles. The van der Waals surface area contributed by atoms with Gasteiger partial charge in [0, 0.05) is 18.1 Å². The molecule has 1 unspecified atom stereocenters. The molecule has 0 radical (unpaired) electrons. The SMILES string of the molecule is CC(NC(C)(C)CNS(=O)(=O)c1ccc(Br)s1)c1ccccc1. The van der Waals surface area contributed by atoms with Crippen LogP contribution in [-0.4, -0.2) is 20.5 Å². The number of sulfonamides is 1. The summed E-state index contributed by atoms with van der Waals surface area (Å²) in [6, 6.07) is 13.6. The first kappa shape index (κ1) is 18.6. The van der Waals surface area contributed by atoms with E-state index in [1.807, 2.05) is 32.0 Å². The quantitative estimate of drug-likeness (QED) is 0.718. The minimum atomic E-state index is -3.47. The zero-order valence-electron chi connectivity index (χ0n) is 13.3. The van der Waals surface area contributed by atoms with Crippen molar-refractivity contribution in [2.75, 3.05) is 6.54 Å². The first-order valence-corrected chi connectivity index (χ1v) is 10.4. The van der Waals surface area contributed by atoms with Gasteiger partial charge in [-0.3, -0.25) is 0 Å². The minimum Gasteiger partial charge on any atom is -0.304 e. The van der Waals surface area contributed by atoms with Crippen LogP contribution < -0.4 is 10.0 Å². The Kier molecular flexibility index (Phi) is 6.02. The number of halogens is 1. The fourth-order valence-corrected chi connectivity index (χ4v) is 5.52. The van der Waals surface area contributed by atoms with Crippen LogP contribution in [0.15, 0.2) is 50.5 Å². The van der Waals surface area contributed by atoms with Crippen molar-refractivity contribution in [1.29, 1.82) is 0 Å². The van der Waals surface area contributed by atoms with E-state index in [1.54, 1.807) is 12.1 Å². The highest BCUT2D eigenvalue weighted by Gasteiger charge is 2.25. The summed E-state index contributed by atoms with van der Waals surface area (Å²) in [7, 11) is -3.47. The van der Waals surface area contributed by atoms with Crippen LogP contribution in [-0.2, 0) is 10.0 Å². The summed E-state index contributed by atoms with van der Waals surface area (Å²) < 4.78 is 28.4. The van der Waals surface area contributed by atoms with Gasteiger partial charge in [-0.25, -0.2) is 13.1 Å². The van der Waals surface area contributed by atoms with Gasteiger partial charge in [0.2, 0.25) is 10.0 Å². The molecule has 1 aromatic heterocycles. The van der Waals surface area contributed by atoms with Crippen molar-refractivity contribution in [3.05, 3.63) is 51.8 Å². The molecule has 0 fully saturated rings. The van der Waals surface area contributed by atoms with E-state index in [0.717, 1.165) is 3.79 Å². The smallest absolute Gasteiger partial charge is 0.250 e. The van der Waals surface area contributed by atoms with Gasteiger partial charge < -0.3 is 5.32 Å². The van der Waals surface area contributed by atoms with Gasteiger partial charge in [-0.1, -0.05) is 30.3 Å². The van der Waals surface area contributed by atoms with Gasteiger partial charge in [-0.15, -0.1) is 11.3 Å². The zero-order chi connectivity index (χ0) is 17.1. The molecule has 0 amide bonds. The van der Waals surface area contributed by atoms with Crippen LogP contribution in [0.25, 0.3) is 0 Å². The molecule has 0 aliphatic heterocycles. The average Bonchev–Trinajstić information content (AvgIpc) is 2.93. The van der Waals surface area contributed by atoms with Crippen LogP contribution in [0.3, 0.4) is 0 Å². The normalized spacial score (nSPS) is 13.9. The molecular weight excluding hydrogens is 396 g/mol. The molecule has 0 aliphatic rings. The Morgan fingerprint density at radius 3 is 2.39 bits per heavy atom. The third-order valence-corrected chi connectivity index (χ3v) is 6.94. The van der Waals surface area contributed by atoms with Crippen molar-refractivity contribution in [2.45, 2.75) is 36.6 Å². The molecule has 0 saturated heterocycles. The molecule has 2 aromatic rings. The number of rotatable bonds is 7. The Morgan fingerprint density at radius 2 is 1.83 bits per heavy atom. The maximum atomic E-state index is 12.3. The number of thiophene rings is 1. The van der Waals surface area contributed by atoms with Crippen LogP contribution in [0.4, 0.5) is 0 Å². The zero-order valence-corrected chi connectivity index (χ0v) is 16.6. The molecule has 126 valence electrons. The van der Waals surface area contributed by atoms with Gasteiger partial charge in [-0.2, -0.15) is 0 Å². The molecule has 2 N–H and O–H groups in total. The molecular formula is C16H21BrN2O2S2. The number of benzene rings is 1. The van der Waals surface area contributed by atoms with E-state index in [9.17, 15) is 8.42 Å². The van der Waals surface area contributed by atoms with Crippen molar-refractivity contribution in [3.8, 4) is 0 Å². The Labute approximate surface area is 150 Å². The largest absolute Gasteiger partial charge is 0.304 e. The second-order valence-corrected chi connectivity index (χ2v) is 10.5. The van der Waals surface area contributed by atoms with Gasteiger partial charge >= 0.3 is 0 Å². The Bertz CT molecular complexity index is 742. The van der Waals surface area contributed by atoms with Crippen molar-refractivity contribution >= 4 is 37.3 Å². The van der Waals surface area contributed by atoms with E-state index in [2.05, 4.69) is 45.0 Å². The van der Waals surface area contributed by atoms with Crippen molar-refractivity contribution in [1.82, 2.24) is 10.0 Å². The Morgan fingerprint density at radius 1 is 1.17 bits per heavy atom. The molecule has 1 aromatic carbocycles. The summed E-state index contributed by atoms with van der Waals surface area (Å²) in [5.41, 5.74) is 0.794. The first-order valence-electron chi connectivity index (χ1n) is 7.27. The van der Waals surface area contributed by atoms with Gasteiger partial charge in [-0.05, 0) is 54.4 Å². The molecule has 0 saturated carbocycles. The van der Waals surface area contributed by atoms with Gasteiger partial charge in [0.1, 0.15) is 4.21 Å². The summed E-state index contributed by atoms with van der Waals surface area (Å²) in [6.45, 7) is 6.35. The molecule has 1 heterocycles. The summed E-state index contributed by atoms with van der Waals surface area (Å²) in [5.74, 6) is 0. The molecule has 0 spiro atoms. The summed E-state index contributed by atoms with van der Waals surface area (Å²) in [5, 5.41) is 3.47. The third kappa shape index (κ3) is 5.39. The standard InChI is InChI=1S/C16H21BrN2O2S2/c1-12(13-7-5-4-6-8-13)19-16(2,3)11-18-23(20,21)15-10-9-14(17)22-15/h4-10,12,18-19H,11H2,1-3H3. The van der Waals surface area contributed by atoms with E-state index in [-0.39, 0.29) is 11.6 Å². The molecule has 0 bridgehead atoms. The van der Waals surface area contributed by atoms with Gasteiger partial charge in [0.25, 0.3) is 0 Å². The van der Waals surface area contributed by atoms with E-state index in [1.165, 1.54) is 16.9 Å². The van der Waals surface area contributed by atoms with Crippen LogP contribution in [0.1, 0.15) is 32.4 Å². The maximum Gasteiger partial charge on any atom is 0.250 e. The number of hydrogen-bond acceptors (Lipinski definition) is 4. The number of nitrogens with one attached hydrogen (secondary N) is 2. The molecule has 1 atom stereocenters. The lowest BCUT2D eigenvalue weighted by Crippen LogP contribution is -2.49. The highest BCUT2D eigenvalue weighted by atomic mass is 79.9. The van der Waals surface area contributed by atoms with Gasteiger partial charge in [0.05, 0.1) is 3.79 Å². The fraction of sp³-hybridized carbons (Fsp3) is 0.375. The monoisotopic (exact) mass is 416 g/mol. The molecule has 4 nitrogen and oxygen atoms in total. The highest BCUT2D eigenvalue weighted by Crippen LogP contribution is 2.26. The lowest BCUT2D eigenvalue weighted by Gasteiger charge is -2.30. The van der Waals surface area contributed by atoms with Crippen LogP contribution in [0.5, 0.6) is 0 Å². The molecule has 2 rings (SSSR count). The Hall–Kier alpha value is -0.730. The average molecular weight is 417 g/mol. The Balaban J connectivity index is 1.98. The molecule has 7 heteroatoms. The lowest BCUT2D eigenvalue weighted by molar-refractivity contribution is 0.346. The van der Waals surface area contributed by atoms with E-state index in [0.29, 0.717) is 10.8 Å². The second-order valence-electron chi connectivity index (χ2n) is 6.04. The van der Waals surface area contributed by atoms with Crippen molar-refractivity contribution < 1.29 is 8.42 Å². The van der Waals surface area contributed by atoms with Crippen molar-refractivity contribution in [2.24, 2.45) is 0 Å². The minimum absolute atomic E-state index is 0.131. The van der Waals surface area contributed by atoms with Crippen molar-refractivity contribution in [3.63, 3.8) is 0 Å². The van der Waals surface area contributed by atoms with Crippen LogP contribution in [0, 0.1) is 0 Å². The highest BCUT2D eigenvalue weighted by molar-refractivity contribution is 9.11. The third-order valence-electron chi connectivity index (χ3n) is 3.42. The second kappa shape index (κ2) is 7.44. The fourth-order valence-electron chi connectivity index (χ4n) is 2.25. The summed E-state index contributed by atoms with van der Waals surface area (Å²) >= 11 is 4.49. The van der Waals surface area contributed by atoms with Crippen LogP contribution >= 0.6 is 27.3 Å².